The zero-order valence-corrected chi connectivity index (χ0v) is 19.7. The highest BCUT2D eigenvalue weighted by Crippen LogP contribution is 2.59. The molecule has 1 saturated carbocycles. The molecule has 1 aromatic heterocycles. The molecule has 1 aliphatic heterocycles. The third-order valence-electron chi connectivity index (χ3n) is 8.48. The van der Waals surface area contributed by atoms with Gasteiger partial charge in [-0.15, -0.1) is 0 Å². The van der Waals surface area contributed by atoms with Gasteiger partial charge in [0, 0.05) is 50.0 Å². The van der Waals surface area contributed by atoms with Crippen LogP contribution in [0.4, 0.5) is 0 Å². The first-order chi connectivity index (χ1) is 16.4. The van der Waals surface area contributed by atoms with Crippen molar-refractivity contribution >= 4 is 22.5 Å². The van der Waals surface area contributed by atoms with E-state index in [-0.39, 0.29) is 29.1 Å². The molecule has 0 bridgehead atoms. The van der Waals surface area contributed by atoms with Crippen molar-refractivity contribution in [3.8, 4) is 0 Å². The minimum atomic E-state index is -0.0610. The second-order valence-corrected chi connectivity index (χ2v) is 10.6. The third-order valence-corrected chi connectivity index (χ3v) is 8.48. The van der Waals surface area contributed by atoms with Crippen LogP contribution in [-0.4, -0.2) is 29.3 Å². The largest absolute Gasteiger partial charge is 0.489 e. The number of ether oxygens (including phenoxy) is 1. The van der Waals surface area contributed by atoms with E-state index < -0.39 is 0 Å². The van der Waals surface area contributed by atoms with Gasteiger partial charge in [0.05, 0.1) is 5.57 Å². The molecule has 0 spiro atoms. The zero-order valence-electron chi connectivity index (χ0n) is 19.7. The van der Waals surface area contributed by atoms with Crippen LogP contribution < -0.4 is 5.32 Å². The van der Waals surface area contributed by atoms with E-state index in [2.05, 4.69) is 59.7 Å². The number of ketones is 1. The number of fused-ring (bicyclic) bond motifs is 4. The molecule has 2 aromatic rings. The Balaban J connectivity index is 1.29. The van der Waals surface area contributed by atoms with E-state index in [1.807, 2.05) is 12.4 Å². The lowest BCUT2D eigenvalue weighted by molar-refractivity contribution is -0.120. The van der Waals surface area contributed by atoms with E-state index in [4.69, 9.17) is 4.74 Å². The van der Waals surface area contributed by atoms with E-state index in [1.54, 1.807) is 0 Å². The number of Topliss-reactive ketones (excluding diaryl/α,β-unsaturated/α-hetero) is 1. The SMILES string of the molecule is CC(=O)NCC1CC(=O)C2=C(C1)O[C@@H]1C(=C2)C=C[C@]2(C)[C@@H](c3ccc4cnccc4c3)CC[C@@H]12. The van der Waals surface area contributed by atoms with Crippen LogP contribution in [0.15, 0.2) is 71.8 Å². The molecule has 5 nitrogen and oxygen atoms in total. The molecule has 5 atom stereocenters. The Morgan fingerprint density at radius 2 is 2.09 bits per heavy atom. The fraction of sp³-hybridized carbons (Fsp3) is 0.414. The summed E-state index contributed by atoms with van der Waals surface area (Å²) in [7, 11) is 0. The van der Waals surface area contributed by atoms with Crippen LogP contribution in [-0.2, 0) is 14.3 Å². The maximum atomic E-state index is 12.9. The Hall–Kier alpha value is -3.21. The topological polar surface area (TPSA) is 68.3 Å². The number of carbonyl (C=O) groups excluding carboxylic acids is 2. The highest BCUT2D eigenvalue weighted by atomic mass is 16.5. The van der Waals surface area contributed by atoms with Gasteiger partial charge in [-0.3, -0.25) is 14.6 Å². The van der Waals surface area contributed by atoms with Crippen molar-refractivity contribution in [3.05, 3.63) is 77.4 Å². The average molecular weight is 455 g/mol. The average Bonchev–Trinajstić information content (AvgIpc) is 3.19. The van der Waals surface area contributed by atoms with Gasteiger partial charge in [0.15, 0.2) is 5.78 Å². The molecule has 0 saturated heterocycles. The van der Waals surface area contributed by atoms with Crippen LogP contribution in [0.1, 0.15) is 51.0 Å². The van der Waals surface area contributed by atoms with Crippen molar-refractivity contribution in [2.45, 2.75) is 51.6 Å². The normalized spacial score (nSPS) is 31.9. The van der Waals surface area contributed by atoms with Gasteiger partial charge in [-0.05, 0) is 58.8 Å². The van der Waals surface area contributed by atoms with Crippen LogP contribution in [0.3, 0.4) is 0 Å². The molecule has 1 N–H and O–H groups in total. The molecule has 1 fully saturated rings. The quantitative estimate of drug-likeness (QED) is 0.709. The molecule has 4 aliphatic rings. The summed E-state index contributed by atoms with van der Waals surface area (Å²) in [5.41, 5.74) is 3.23. The monoisotopic (exact) mass is 454 g/mol. The van der Waals surface area contributed by atoms with E-state index in [0.717, 1.165) is 29.7 Å². The van der Waals surface area contributed by atoms with E-state index in [9.17, 15) is 9.59 Å². The number of nitrogens with zero attached hydrogens (tertiary/aromatic N) is 1. The molecular formula is C29H30N2O3. The van der Waals surface area contributed by atoms with Gasteiger partial charge in [-0.25, -0.2) is 0 Å². The number of benzene rings is 1. The summed E-state index contributed by atoms with van der Waals surface area (Å²) in [5, 5.41) is 5.27. The molecule has 1 unspecified atom stereocenters. The summed E-state index contributed by atoms with van der Waals surface area (Å²) in [6, 6.07) is 8.85. The number of hydrogen-bond acceptors (Lipinski definition) is 4. The van der Waals surface area contributed by atoms with Gasteiger partial charge >= 0.3 is 0 Å². The van der Waals surface area contributed by atoms with Crippen molar-refractivity contribution in [1.29, 1.82) is 0 Å². The van der Waals surface area contributed by atoms with Gasteiger partial charge in [0.25, 0.3) is 0 Å². The highest BCUT2D eigenvalue weighted by Gasteiger charge is 2.53. The highest BCUT2D eigenvalue weighted by molar-refractivity contribution is 6.00. The summed E-state index contributed by atoms with van der Waals surface area (Å²) in [4.78, 5) is 28.5. The Labute approximate surface area is 200 Å². The predicted octanol–water partition coefficient (Wildman–Crippen LogP) is 5.00. The van der Waals surface area contributed by atoms with Crippen LogP contribution in [0, 0.1) is 17.3 Å². The predicted molar refractivity (Wildman–Crippen MR) is 131 cm³/mol. The van der Waals surface area contributed by atoms with Crippen molar-refractivity contribution in [2.75, 3.05) is 6.54 Å². The first kappa shape index (κ1) is 21.3. The third kappa shape index (κ3) is 3.41. The van der Waals surface area contributed by atoms with E-state index in [1.165, 1.54) is 23.3 Å². The molecule has 2 heterocycles. The second-order valence-electron chi connectivity index (χ2n) is 10.6. The Morgan fingerprint density at radius 3 is 2.94 bits per heavy atom. The molecule has 5 heteroatoms. The van der Waals surface area contributed by atoms with Gasteiger partial charge in [-0.1, -0.05) is 37.3 Å². The molecule has 6 rings (SSSR count). The summed E-state index contributed by atoms with van der Waals surface area (Å²) >= 11 is 0. The Kier molecular flexibility index (Phi) is 4.98. The fourth-order valence-corrected chi connectivity index (χ4v) is 6.67. The van der Waals surface area contributed by atoms with Crippen LogP contribution in [0.25, 0.3) is 10.8 Å². The number of pyridine rings is 1. The fourth-order valence-electron chi connectivity index (χ4n) is 6.67. The lowest BCUT2D eigenvalue weighted by Gasteiger charge is -2.45. The Morgan fingerprint density at radius 1 is 1.21 bits per heavy atom. The van der Waals surface area contributed by atoms with Crippen molar-refractivity contribution in [3.63, 3.8) is 0 Å². The van der Waals surface area contributed by atoms with Crippen LogP contribution >= 0.6 is 0 Å². The number of hydrogen-bond donors (Lipinski definition) is 1. The second kappa shape index (κ2) is 7.93. The van der Waals surface area contributed by atoms with Crippen molar-refractivity contribution in [2.24, 2.45) is 17.3 Å². The lowest BCUT2D eigenvalue weighted by atomic mass is 9.64. The minimum absolute atomic E-state index is 0.00492. The summed E-state index contributed by atoms with van der Waals surface area (Å²) in [6.07, 6.45) is 13.8. The number of amides is 1. The molecule has 0 radical (unpaired) electrons. The lowest BCUT2D eigenvalue weighted by Crippen LogP contribution is -2.41. The maximum Gasteiger partial charge on any atom is 0.216 e. The van der Waals surface area contributed by atoms with E-state index >= 15 is 0 Å². The Bertz CT molecular complexity index is 1290. The first-order valence-corrected chi connectivity index (χ1v) is 12.3. The number of aromatic nitrogens is 1. The molecular weight excluding hydrogens is 424 g/mol. The van der Waals surface area contributed by atoms with Gasteiger partial charge in [-0.2, -0.15) is 0 Å². The summed E-state index contributed by atoms with van der Waals surface area (Å²) < 4.78 is 6.65. The number of nitrogens with one attached hydrogen (secondary N) is 1. The van der Waals surface area contributed by atoms with Crippen molar-refractivity contribution < 1.29 is 14.3 Å². The van der Waals surface area contributed by atoms with Crippen LogP contribution in [0.5, 0.6) is 0 Å². The molecule has 1 aromatic carbocycles. The number of rotatable bonds is 3. The molecule has 174 valence electrons. The van der Waals surface area contributed by atoms with Crippen molar-refractivity contribution in [1.82, 2.24) is 10.3 Å². The molecule has 3 aliphatic carbocycles. The molecule has 1 amide bonds. The minimum Gasteiger partial charge on any atom is -0.489 e. The zero-order chi connectivity index (χ0) is 23.4. The standard InChI is InChI=1S/C29H30N2O3/c1-17(32)31-15-18-11-26(33)23-14-21-7-9-29(2)24(5-6-25(29)28(21)34-27(23)12-18)20-3-4-22-16-30-10-8-19(22)13-20/h3-4,7-10,13-14,16,18,24-25,28H,5-6,11-12,15H2,1-2H3,(H,31,32)/t18?,24-,25+,28-,29-/m1/s1. The number of allylic oxidation sites excluding steroid dienone is 4. The number of carbonyl (C=O) groups is 2. The van der Waals surface area contributed by atoms with Crippen LogP contribution in [0.2, 0.25) is 0 Å². The summed E-state index contributed by atoms with van der Waals surface area (Å²) in [5.74, 6) is 1.76. The summed E-state index contributed by atoms with van der Waals surface area (Å²) in [6.45, 7) is 4.40. The molecule has 34 heavy (non-hydrogen) atoms. The maximum absolute atomic E-state index is 12.9. The van der Waals surface area contributed by atoms with Gasteiger partial charge < -0.3 is 10.1 Å². The first-order valence-electron chi connectivity index (χ1n) is 12.3. The smallest absolute Gasteiger partial charge is 0.216 e. The van der Waals surface area contributed by atoms with Gasteiger partial charge in [0.1, 0.15) is 11.9 Å². The van der Waals surface area contributed by atoms with Gasteiger partial charge in [0.2, 0.25) is 5.91 Å². The van der Waals surface area contributed by atoms with E-state index in [0.29, 0.717) is 31.2 Å².